The molecule has 3 atom stereocenters. The van der Waals surface area contributed by atoms with Gasteiger partial charge in [0.2, 0.25) is 0 Å². The van der Waals surface area contributed by atoms with Crippen molar-refractivity contribution in [2.45, 2.75) is 31.3 Å². The SMILES string of the molecule is Cn1cc(CCC(O)C2CC2c2ccccc2)cn1. The van der Waals surface area contributed by atoms with Crippen LogP contribution in [0.4, 0.5) is 0 Å². The third-order valence-electron chi connectivity index (χ3n) is 4.05. The molecular weight excluding hydrogens is 236 g/mol. The Hall–Kier alpha value is -1.61. The Balaban J connectivity index is 1.51. The molecule has 3 unspecified atom stereocenters. The zero-order chi connectivity index (χ0) is 13.2. The quantitative estimate of drug-likeness (QED) is 0.892. The molecule has 1 aromatic heterocycles. The predicted molar refractivity (Wildman–Crippen MR) is 74.8 cm³/mol. The van der Waals surface area contributed by atoms with Crippen molar-refractivity contribution in [1.82, 2.24) is 9.78 Å². The van der Waals surface area contributed by atoms with E-state index < -0.39 is 0 Å². The highest BCUT2D eigenvalue weighted by Gasteiger charge is 2.42. The van der Waals surface area contributed by atoms with Crippen molar-refractivity contribution in [1.29, 1.82) is 0 Å². The van der Waals surface area contributed by atoms with Gasteiger partial charge < -0.3 is 5.11 Å². The smallest absolute Gasteiger partial charge is 0.0577 e. The fraction of sp³-hybridized carbons (Fsp3) is 0.438. The molecule has 0 radical (unpaired) electrons. The largest absolute Gasteiger partial charge is 0.393 e. The molecule has 1 heterocycles. The van der Waals surface area contributed by atoms with Gasteiger partial charge in [-0.1, -0.05) is 30.3 Å². The van der Waals surface area contributed by atoms with Gasteiger partial charge in [0.1, 0.15) is 0 Å². The molecule has 1 aliphatic rings. The van der Waals surface area contributed by atoms with Crippen LogP contribution in [0.15, 0.2) is 42.7 Å². The van der Waals surface area contributed by atoms with Crippen LogP contribution in [-0.2, 0) is 13.5 Å². The first-order valence-electron chi connectivity index (χ1n) is 6.94. The van der Waals surface area contributed by atoms with Gasteiger partial charge in [-0.3, -0.25) is 4.68 Å². The van der Waals surface area contributed by atoms with Gasteiger partial charge in [0.05, 0.1) is 12.3 Å². The summed E-state index contributed by atoms with van der Waals surface area (Å²) in [4.78, 5) is 0. The Labute approximate surface area is 113 Å². The van der Waals surface area contributed by atoms with E-state index in [1.807, 2.05) is 30.2 Å². The van der Waals surface area contributed by atoms with E-state index in [1.54, 1.807) is 0 Å². The third-order valence-corrected chi connectivity index (χ3v) is 4.05. The monoisotopic (exact) mass is 256 g/mol. The van der Waals surface area contributed by atoms with Crippen LogP contribution in [0.2, 0.25) is 0 Å². The Morgan fingerprint density at radius 3 is 2.84 bits per heavy atom. The Morgan fingerprint density at radius 2 is 2.16 bits per heavy atom. The minimum absolute atomic E-state index is 0.189. The van der Waals surface area contributed by atoms with Crippen molar-refractivity contribution in [3.05, 3.63) is 53.9 Å². The Kier molecular flexibility index (Phi) is 3.38. The number of aryl methyl sites for hydroxylation is 2. The molecule has 0 bridgehead atoms. The molecular formula is C16H20N2O. The number of benzene rings is 1. The number of aliphatic hydroxyl groups is 1. The zero-order valence-electron chi connectivity index (χ0n) is 11.2. The molecule has 1 aliphatic carbocycles. The fourth-order valence-corrected chi connectivity index (χ4v) is 2.85. The van der Waals surface area contributed by atoms with Crippen LogP contribution in [0, 0.1) is 5.92 Å². The van der Waals surface area contributed by atoms with Gasteiger partial charge in [-0.25, -0.2) is 0 Å². The van der Waals surface area contributed by atoms with E-state index in [-0.39, 0.29) is 6.10 Å². The molecule has 100 valence electrons. The number of rotatable bonds is 5. The first-order chi connectivity index (χ1) is 9.24. The summed E-state index contributed by atoms with van der Waals surface area (Å²) in [6.45, 7) is 0. The summed E-state index contributed by atoms with van der Waals surface area (Å²) in [6, 6.07) is 10.5. The van der Waals surface area contributed by atoms with E-state index in [4.69, 9.17) is 0 Å². The van der Waals surface area contributed by atoms with E-state index in [2.05, 4.69) is 29.4 Å². The van der Waals surface area contributed by atoms with Crippen molar-refractivity contribution >= 4 is 0 Å². The van der Waals surface area contributed by atoms with Gasteiger partial charge in [0.15, 0.2) is 0 Å². The van der Waals surface area contributed by atoms with Crippen LogP contribution in [0.5, 0.6) is 0 Å². The summed E-state index contributed by atoms with van der Waals surface area (Å²) in [7, 11) is 1.92. The molecule has 3 heteroatoms. The lowest BCUT2D eigenvalue weighted by atomic mass is 10.0. The molecule has 0 aliphatic heterocycles. The maximum atomic E-state index is 10.3. The molecule has 0 amide bonds. The van der Waals surface area contributed by atoms with Crippen molar-refractivity contribution < 1.29 is 5.11 Å². The van der Waals surface area contributed by atoms with Gasteiger partial charge in [0, 0.05) is 13.2 Å². The lowest BCUT2D eigenvalue weighted by Gasteiger charge is -2.09. The second-order valence-corrected chi connectivity index (χ2v) is 5.55. The van der Waals surface area contributed by atoms with Gasteiger partial charge in [-0.15, -0.1) is 0 Å². The van der Waals surface area contributed by atoms with E-state index in [0.717, 1.165) is 19.3 Å². The van der Waals surface area contributed by atoms with Crippen LogP contribution in [0.1, 0.15) is 29.9 Å². The number of hydrogen-bond donors (Lipinski definition) is 1. The van der Waals surface area contributed by atoms with E-state index >= 15 is 0 Å². The molecule has 19 heavy (non-hydrogen) atoms. The highest BCUT2D eigenvalue weighted by Crippen LogP contribution is 2.50. The lowest BCUT2D eigenvalue weighted by molar-refractivity contribution is 0.139. The second-order valence-electron chi connectivity index (χ2n) is 5.55. The summed E-state index contributed by atoms with van der Waals surface area (Å²) in [5.41, 5.74) is 2.58. The van der Waals surface area contributed by atoms with Crippen LogP contribution in [0.3, 0.4) is 0 Å². The minimum atomic E-state index is -0.189. The van der Waals surface area contributed by atoms with Gasteiger partial charge in [-0.05, 0) is 42.2 Å². The first-order valence-corrected chi connectivity index (χ1v) is 6.94. The van der Waals surface area contributed by atoms with E-state index in [9.17, 15) is 5.11 Å². The van der Waals surface area contributed by atoms with Crippen molar-refractivity contribution in [2.75, 3.05) is 0 Å². The standard InChI is InChI=1S/C16H20N2O/c1-18-11-12(10-17-18)7-8-16(19)15-9-14(15)13-5-3-2-4-6-13/h2-6,10-11,14-16,19H,7-9H2,1H3. The van der Waals surface area contributed by atoms with Gasteiger partial charge >= 0.3 is 0 Å². The number of hydrogen-bond acceptors (Lipinski definition) is 2. The summed E-state index contributed by atoms with van der Waals surface area (Å²) >= 11 is 0. The van der Waals surface area contributed by atoms with Crippen molar-refractivity contribution in [3.8, 4) is 0 Å². The van der Waals surface area contributed by atoms with Crippen LogP contribution < -0.4 is 0 Å². The predicted octanol–water partition coefficient (Wildman–Crippen LogP) is 2.52. The maximum absolute atomic E-state index is 10.3. The van der Waals surface area contributed by atoms with Crippen LogP contribution in [0.25, 0.3) is 0 Å². The average Bonchev–Trinajstić information content (AvgIpc) is 3.14. The Morgan fingerprint density at radius 1 is 1.37 bits per heavy atom. The molecule has 0 saturated heterocycles. The van der Waals surface area contributed by atoms with Gasteiger partial charge in [0.25, 0.3) is 0 Å². The summed E-state index contributed by atoms with van der Waals surface area (Å²) in [5, 5.41) is 14.4. The first kappa shape index (κ1) is 12.4. The molecule has 1 N–H and O–H groups in total. The number of aliphatic hydroxyl groups excluding tert-OH is 1. The molecule has 2 aromatic rings. The normalized spacial score (nSPS) is 23.3. The van der Waals surface area contributed by atoms with Crippen LogP contribution in [-0.4, -0.2) is 21.0 Å². The van der Waals surface area contributed by atoms with Crippen molar-refractivity contribution in [3.63, 3.8) is 0 Å². The maximum Gasteiger partial charge on any atom is 0.0577 e. The summed E-state index contributed by atoms with van der Waals surface area (Å²) < 4.78 is 1.81. The summed E-state index contributed by atoms with van der Waals surface area (Å²) in [6.07, 6.45) is 6.58. The topological polar surface area (TPSA) is 38.0 Å². The Bertz CT molecular complexity index is 535. The average molecular weight is 256 g/mol. The zero-order valence-corrected chi connectivity index (χ0v) is 11.2. The molecule has 3 rings (SSSR count). The lowest BCUT2D eigenvalue weighted by Crippen LogP contribution is -2.11. The molecule has 0 spiro atoms. The van der Waals surface area contributed by atoms with Crippen LogP contribution >= 0.6 is 0 Å². The van der Waals surface area contributed by atoms with E-state index in [1.165, 1.54) is 11.1 Å². The molecule has 1 saturated carbocycles. The molecule has 3 nitrogen and oxygen atoms in total. The van der Waals surface area contributed by atoms with E-state index in [0.29, 0.717) is 11.8 Å². The third kappa shape index (κ3) is 2.87. The number of nitrogens with zero attached hydrogens (tertiary/aromatic N) is 2. The fourth-order valence-electron chi connectivity index (χ4n) is 2.85. The minimum Gasteiger partial charge on any atom is -0.393 e. The molecule has 1 fully saturated rings. The highest BCUT2D eigenvalue weighted by atomic mass is 16.3. The second kappa shape index (κ2) is 5.17. The molecule has 1 aromatic carbocycles. The summed E-state index contributed by atoms with van der Waals surface area (Å²) in [5.74, 6) is 1.00. The van der Waals surface area contributed by atoms with Gasteiger partial charge in [-0.2, -0.15) is 5.10 Å². The number of aromatic nitrogens is 2. The highest BCUT2D eigenvalue weighted by molar-refractivity contribution is 5.26. The van der Waals surface area contributed by atoms with Crippen molar-refractivity contribution in [2.24, 2.45) is 13.0 Å².